The highest BCUT2D eigenvalue weighted by Crippen LogP contribution is 2.56. The van der Waals surface area contributed by atoms with Crippen LogP contribution in [0.4, 0.5) is 17.1 Å². The van der Waals surface area contributed by atoms with Crippen LogP contribution in [0.1, 0.15) is 49.9 Å². The van der Waals surface area contributed by atoms with Gasteiger partial charge in [0.15, 0.2) is 0 Å². The monoisotopic (exact) mass is 871 g/mol. The van der Waals surface area contributed by atoms with Crippen LogP contribution >= 0.6 is 0 Å². The van der Waals surface area contributed by atoms with Crippen molar-refractivity contribution in [3.8, 4) is 66.8 Å². The standard InChI is InChI=1S/C66H49NO/c1-65(2)54-28-15-14-25-51(54)62-49(26-16-29-56(62)65)50-27-17-31-60-63(50)64-59(30-18-32-61(64)68-60)67(58-38-34-46(43-21-10-6-11-22-43)39-52(58)44-23-12-7-13-24-44)47-35-36-48-53-40-45(42-19-8-5-9-20-42)33-37-55(53)66(3,4)57(48)41-47/h5-41H,1-4H3. The van der Waals surface area contributed by atoms with Crippen LogP contribution in [0.2, 0.25) is 0 Å². The van der Waals surface area contributed by atoms with Gasteiger partial charge in [0.2, 0.25) is 0 Å². The van der Waals surface area contributed by atoms with Gasteiger partial charge in [0, 0.05) is 27.5 Å². The molecule has 1 heterocycles. The van der Waals surface area contributed by atoms with Gasteiger partial charge in [0.25, 0.3) is 0 Å². The Morgan fingerprint density at radius 3 is 1.59 bits per heavy atom. The lowest BCUT2D eigenvalue weighted by Crippen LogP contribution is -2.17. The summed E-state index contributed by atoms with van der Waals surface area (Å²) < 4.78 is 6.97. The zero-order chi connectivity index (χ0) is 45.7. The number of rotatable bonds is 7. The third-order valence-electron chi connectivity index (χ3n) is 15.1. The van der Waals surface area contributed by atoms with Gasteiger partial charge in [-0.05, 0) is 132 Å². The summed E-state index contributed by atoms with van der Waals surface area (Å²) in [5.74, 6) is 0. The van der Waals surface area contributed by atoms with Crippen molar-refractivity contribution in [3.05, 3.63) is 247 Å². The van der Waals surface area contributed by atoms with E-state index in [2.05, 4.69) is 257 Å². The van der Waals surface area contributed by atoms with Gasteiger partial charge in [-0.2, -0.15) is 0 Å². The van der Waals surface area contributed by atoms with Gasteiger partial charge in [-0.1, -0.05) is 204 Å². The lowest BCUT2D eigenvalue weighted by atomic mass is 9.82. The first kappa shape index (κ1) is 40.1. The molecule has 0 radical (unpaired) electrons. The Bertz CT molecular complexity index is 3780. The predicted octanol–water partition coefficient (Wildman–Crippen LogP) is 18.3. The van der Waals surface area contributed by atoms with E-state index in [4.69, 9.17) is 4.42 Å². The molecule has 2 aliphatic rings. The molecule has 2 heteroatoms. The van der Waals surface area contributed by atoms with Gasteiger partial charge in [0.1, 0.15) is 11.2 Å². The van der Waals surface area contributed by atoms with Crippen molar-refractivity contribution in [2.24, 2.45) is 0 Å². The number of nitrogens with zero attached hydrogens (tertiary/aromatic N) is 1. The van der Waals surface area contributed by atoms with E-state index >= 15 is 0 Å². The summed E-state index contributed by atoms with van der Waals surface area (Å²) >= 11 is 0. The molecule has 2 aliphatic carbocycles. The summed E-state index contributed by atoms with van der Waals surface area (Å²) in [6, 6.07) is 82.5. The van der Waals surface area contributed by atoms with Crippen molar-refractivity contribution < 1.29 is 4.42 Å². The first-order valence-electron chi connectivity index (χ1n) is 23.8. The molecule has 0 saturated heterocycles. The summed E-state index contributed by atoms with van der Waals surface area (Å²) in [6.07, 6.45) is 0. The van der Waals surface area contributed by atoms with Crippen LogP contribution in [0.3, 0.4) is 0 Å². The highest BCUT2D eigenvalue weighted by Gasteiger charge is 2.38. The van der Waals surface area contributed by atoms with Crippen LogP contribution in [-0.2, 0) is 10.8 Å². The van der Waals surface area contributed by atoms with Gasteiger partial charge < -0.3 is 9.32 Å². The Morgan fingerprint density at radius 1 is 0.309 bits per heavy atom. The average Bonchev–Trinajstić information content (AvgIpc) is 3.97. The van der Waals surface area contributed by atoms with Crippen LogP contribution in [0, 0.1) is 0 Å². The molecule has 0 atom stereocenters. The maximum atomic E-state index is 6.97. The molecule has 2 nitrogen and oxygen atoms in total. The smallest absolute Gasteiger partial charge is 0.137 e. The quantitative estimate of drug-likeness (QED) is 0.159. The number of anilines is 3. The molecule has 68 heavy (non-hydrogen) atoms. The number of fused-ring (bicyclic) bond motifs is 9. The molecule has 1 aromatic heterocycles. The molecule has 0 bridgehead atoms. The van der Waals surface area contributed by atoms with E-state index in [1.807, 2.05) is 0 Å². The molecular formula is C66H49NO. The molecule has 0 spiro atoms. The molecule has 0 fully saturated rings. The minimum absolute atomic E-state index is 0.125. The van der Waals surface area contributed by atoms with Crippen molar-refractivity contribution in [1.82, 2.24) is 0 Å². The molecule has 0 amide bonds. The van der Waals surface area contributed by atoms with Crippen molar-refractivity contribution in [2.75, 3.05) is 4.90 Å². The Balaban J connectivity index is 1.09. The summed E-state index contributed by atoms with van der Waals surface area (Å²) in [5.41, 5.74) is 24.7. The van der Waals surface area contributed by atoms with Crippen LogP contribution in [0.25, 0.3) is 88.7 Å². The van der Waals surface area contributed by atoms with E-state index in [-0.39, 0.29) is 10.8 Å². The maximum Gasteiger partial charge on any atom is 0.137 e. The van der Waals surface area contributed by atoms with Crippen LogP contribution in [0.15, 0.2) is 229 Å². The molecule has 324 valence electrons. The molecule has 11 aromatic rings. The zero-order valence-electron chi connectivity index (χ0n) is 38.7. The van der Waals surface area contributed by atoms with Gasteiger partial charge >= 0.3 is 0 Å². The largest absolute Gasteiger partial charge is 0.456 e. The summed E-state index contributed by atoms with van der Waals surface area (Å²) in [7, 11) is 0. The fourth-order valence-corrected chi connectivity index (χ4v) is 11.7. The molecule has 0 saturated carbocycles. The minimum atomic E-state index is -0.236. The summed E-state index contributed by atoms with van der Waals surface area (Å²) in [6.45, 7) is 9.48. The van der Waals surface area contributed by atoms with Crippen molar-refractivity contribution >= 4 is 39.0 Å². The predicted molar refractivity (Wildman–Crippen MR) is 285 cm³/mol. The van der Waals surface area contributed by atoms with Gasteiger partial charge in [-0.3, -0.25) is 0 Å². The molecule has 0 N–H and O–H groups in total. The molecule has 0 aliphatic heterocycles. The lowest BCUT2D eigenvalue weighted by Gasteiger charge is -2.30. The first-order valence-corrected chi connectivity index (χ1v) is 23.8. The third-order valence-corrected chi connectivity index (χ3v) is 15.1. The summed E-state index contributed by atoms with van der Waals surface area (Å²) in [5, 5.41) is 2.20. The van der Waals surface area contributed by atoms with Gasteiger partial charge in [0.05, 0.1) is 16.8 Å². The molecule has 13 rings (SSSR count). The minimum Gasteiger partial charge on any atom is -0.456 e. The van der Waals surface area contributed by atoms with E-state index in [0.717, 1.165) is 50.1 Å². The highest BCUT2D eigenvalue weighted by atomic mass is 16.3. The number of benzene rings is 10. The Labute approximate surface area is 398 Å². The third kappa shape index (κ3) is 6.03. The van der Waals surface area contributed by atoms with E-state index in [1.165, 1.54) is 77.9 Å². The fourth-order valence-electron chi connectivity index (χ4n) is 11.7. The Morgan fingerprint density at radius 2 is 0.853 bits per heavy atom. The second kappa shape index (κ2) is 15.2. The molecule has 0 unspecified atom stereocenters. The van der Waals surface area contributed by atoms with Crippen LogP contribution in [-0.4, -0.2) is 0 Å². The second-order valence-corrected chi connectivity index (χ2v) is 19.6. The Kier molecular flexibility index (Phi) is 8.95. The second-order valence-electron chi connectivity index (χ2n) is 19.6. The number of hydrogen-bond acceptors (Lipinski definition) is 2. The number of hydrogen-bond donors (Lipinski definition) is 0. The lowest BCUT2D eigenvalue weighted by molar-refractivity contribution is 0.660. The van der Waals surface area contributed by atoms with E-state index in [9.17, 15) is 0 Å². The zero-order valence-corrected chi connectivity index (χ0v) is 38.7. The Hall–Kier alpha value is -8.20. The maximum absolute atomic E-state index is 6.97. The van der Waals surface area contributed by atoms with Crippen molar-refractivity contribution in [2.45, 2.75) is 38.5 Å². The van der Waals surface area contributed by atoms with Crippen LogP contribution in [0.5, 0.6) is 0 Å². The van der Waals surface area contributed by atoms with E-state index in [1.54, 1.807) is 0 Å². The SMILES string of the molecule is CC1(C)c2ccc(-c3ccccc3)cc2-c2ccc(N(c3ccc(-c4ccccc4)cc3-c3ccccc3)c3cccc4oc5cccc(-c6cccc7c6-c6ccccc6C7(C)C)c5c34)cc21. The fraction of sp³-hybridized carbons (Fsp3) is 0.0909. The first-order chi connectivity index (χ1) is 33.3. The van der Waals surface area contributed by atoms with Crippen molar-refractivity contribution in [3.63, 3.8) is 0 Å². The molecule has 10 aromatic carbocycles. The number of furan rings is 1. The van der Waals surface area contributed by atoms with Crippen molar-refractivity contribution in [1.29, 1.82) is 0 Å². The summed E-state index contributed by atoms with van der Waals surface area (Å²) in [4.78, 5) is 2.51. The van der Waals surface area contributed by atoms with Gasteiger partial charge in [-0.25, -0.2) is 0 Å². The molecular weight excluding hydrogens is 823 g/mol. The normalized spacial score (nSPS) is 13.8. The van der Waals surface area contributed by atoms with Gasteiger partial charge in [-0.15, -0.1) is 0 Å². The topological polar surface area (TPSA) is 16.4 Å². The van der Waals surface area contributed by atoms with Crippen LogP contribution < -0.4 is 4.90 Å². The average molecular weight is 872 g/mol. The highest BCUT2D eigenvalue weighted by molar-refractivity contribution is 6.20. The van der Waals surface area contributed by atoms with E-state index in [0.29, 0.717) is 0 Å². The van der Waals surface area contributed by atoms with E-state index < -0.39 is 0 Å².